The van der Waals surface area contributed by atoms with E-state index >= 15 is 0 Å². The Bertz CT molecular complexity index is 614. The summed E-state index contributed by atoms with van der Waals surface area (Å²) < 4.78 is 10.7. The van der Waals surface area contributed by atoms with Gasteiger partial charge in [-0.05, 0) is 30.0 Å². The Morgan fingerprint density at radius 3 is 2.86 bits per heavy atom. The normalized spacial score (nSPS) is 12.1. The van der Waals surface area contributed by atoms with Crippen LogP contribution >= 0.6 is 11.3 Å². The lowest BCUT2D eigenvalue weighted by molar-refractivity contribution is -0.386. The quantitative estimate of drug-likeness (QED) is 0.596. The second-order valence-corrected chi connectivity index (χ2v) is 5.82. The van der Waals surface area contributed by atoms with Crippen LogP contribution in [0.3, 0.4) is 0 Å². The Kier molecular flexibility index (Phi) is 5.88. The first-order valence-corrected chi connectivity index (χ1v) is 7.60. The van der Waals surface area contributed by atoms with Crippen molar-refractivity contribution in [2.75, 3.05) is 13.2 Å². The number of nitrogens with zero attached hydrogens (tertiary/aromatic N) is 1. The average Bonchev–Trinajstić information content (AvgIpc) is 2.99. The van der Waals surface area contributed by atoms with Crippen LogP contribution in [0, 0.1) is 17.0 Å². The van der Waals surface area contributed by atoms with Gasteiger partial charge < -0.3 is 14.6 Å². The van der Waals surface area contributed by atoms with E-state index in [1.165, 1.54) is 12.1 Å². The molecule has 0 aliphatic carbocycles. The van der Waals surface area contributed by atoms with Crippen LogP contribution in [-0.4, -0.2) is 29.3 Å². The molecule has 0 saturated carbocycles. The maximum atomic E-state index is 11.0. The number of ether oxygens (including phenoxy) is 2. The van der Waals surface area contributed by atoms with Gasteiger partial charge in [-0.3, -0.25) is 10.1 Å². The molecular formula is C15H17NO5S. The van der Waals surface area contributed by atoms with Crippen molar-refractivity contribution in [2.24, 2.45) is 0 Å². The van der Waals surface area contributed by atoms with Gasteiger partial charge in [0.15, 0.2) is 5.75 Å². The first-order valence-electron chi connectivity index (χ1n) is 6.72. The molecule has 0 bridgehead atoms. The summed E-state index contributed by atoms with van der Waals surface area (Å²) in [7, 11) is 0. The number of nitro groups is 1. The molecule has 0 fully saturated rings. The van der Waals surface area contributed by atoms with Gasteiger partial charge in [-0.15, -0.1) is 11.3 Å². The van der Waals surface area contributed by atoms with Gasteiger partial charge in [0, 0.05) is 10.9 Å². The number of aryl methyl sites for hydroxylation is 1. The van der Waals surface area contributed by atoms with Crippen LogP contribution in [0.4, 0.5) is 5.69 Å². The van der Waals surface area contributed by atoms with Crippen LogP contribution in [0.2, 0.25) is 0 Å². The summed E-state index contributed by atoms with van der Waals surface area (Å²) in [5.74, 6) is 0.146. The molecule has 1 aromatic carbocycles. The van der Waals surface area contributed by atoms with E-state index in [9.17, 15) is 15.2 Å². The van der Waals surface area contributed by atoms with Crippen molar-refractivity contribution in [3.8, 4) is 5.75 Å². The third-order valence-corrected chi connectivity index (χ3v) is 3.73. The molecule has 0 saturated heterocycles. The van der Waals surface area contributed by atoms with Crippen LogP contribution in [-0.2, 0) is 11.3 Å². The lowest BCUT2D eigenvalue weighted by atomic mass is 10.2. The number of thiophene rings is 1. The summed E-state index contributed by atoms with van der Waals surface area (Å²) in [5, 5.41) is 22.7. The first-order chi connectivity index (χ1) is 10.6. The molecule has 0 radical (unpaired) electrons. The molecule has 118 valence electrons. The van der Waals surface area contributed by atoms with E-state index in [1.807, 2.05) is 17.5 Å². The summed E-state index contributed by atoms with van der Waals surface area (Å²) in [6, 6.07) is 8.58. The molecule has 22 heavy (non-hydrogen) atoms. The summed E-state index contributed by atoms with van der Waals surface area (Å²) in [6.07, 6.45) is -0.846. The second-order valence-electron chi connectivity index (χ2n) is 4.79. The fourth-order valence-corrected chi connectivity index (χ4v) is 2.46. The summed E-state index contributed by atoms with van der Waals surface area (Å²) in [6.45, 7) is 2.25. The predicted octanol–water partition coefficient (Wildman–Crippen LogP) is 2.92. The van der Waals surface area contributed by atoms with Crippen LogP contribution in [0.15, 0.2) is 35.7 Å². The molecule has 1 heterocycles. The number of hydrogen-bond donors (Lipinski definition) is 1. The molecule has 2 aromatic rings. The number of rotatable bonds is 8. The van der Waals surface area contributed by atoms with Crippen molar-refractivity contribution in [3.05, 3.63) is 56.3 Å². The fraction of sp³-hybridized carbons (Fsp3) is 0.333. The predicted molar refractivity (Wildman–Crippen MR) is 83.3 cm³/mol. The lowest BCUT2D eigenvalue weighted by Crippen LogP contribution is -2.23. The Labute approximate surface area is 132 Å². The molecule has 0 amide bonds. The first kappa shape index (κ1) is 16.4. The van der Waals surface area contributed by atoms with Crippen LogP contribution in [0.5, 0.6) is 5.75 Å². The molecule has 0 aliphatic rings. The Morgan fingerprint density at radius 2 is 2.18 bits per heavy atom. The van der Waals surface area contributed by atoms with E-state index in [0.717, 1.165) is 10.4 Å². The summed E-state index contributed by atoms with van der Waals surface area (Å²) in [4.78, 5) is 11.5. The number of nitro benzene ring substituents is 1. The number of hydrogen-bond acceptors (Lipinski definition) is 6. The van der Waals surface area contributed by atoms with E-state index in [4.69, 9.17) is 9.47 Å². The molecule has 6 nitrogen and oxygen atoms in total. The zero-order valence-electron chi connectivity index (χ0n) is 12.1. The van der Waals surface area contributed by atoms with Gasteiger partial charge in [0.2, 0.25) is 0 Å². The summed E-state index contributed by atoms with van der Waals surface area (Å²) >= 11 is 1.58. The van der Waals surface area contributed by atoms with Gasteiger partial charge in [0.1, 0.15) is 12.7 Å². The molecular weight excluding hydrogens is 306 g/mol. The van der Waals surface area contributed by atoms with E-state index in [2.05, 4.69) is 0 Å². The fourth-order valence-electron chi connectivity index (χ4n) is 1.82. The van der Waals surface area contributed by atoms with Crippen molar-refractivity contribution in [3.63, 3.8) is 0 Å². The molecule has 0 spiro atoms. The van der Waals surface area contributed by atoms with Crippen molar-refractivity contribution in [1.82, 2.24) is 0 Å². The smallest absolute Gasteiger partial charge is 0.311 e. The van der Waals surface area contributed by atoms with E-state index in [0.29, 0.717) is 6.61 Å². The Hall–Kier alpha value is -1.96. The highest BCUT2D eigenvalue weighted by Gasteiger charge is 2.16. The third-order valence-electron chi connectivity index (χ3n) is 2.88. The minimum absolute atomic E-state index is 0.0612. The molecule has 1 N–H and O–H groups in total. The standard InChI is InChI=1S/C15H17NO5S/c1-11-4-5-15(14(7-11)16(18)19)21-9-12(17)8-20-10-13-3-2-6-22-13/h2-7,12,17H,8-10H2,1H3. The van der Waals surface area contributed by atoms with E-state index in [-0.39, 0.29) is 24.7 Å². The SMILES string of the molecule is Cc1ccc(OCC(O)COCc2cccs2)c([N+](=O)[O-])c1. The van der Waals surface area contributed by atoms with Gasteiger partial charge in [-0.1, -0.05) is 12.1 Å². The molecule has 1 atom stereocenters. The number of benzene rings is 1. The molecule has 7 heteroatoms. The topological polar surface area (TPSA) is 81.8 Å². The van der Waals surface area contributed by atoms with Crippen molar-refractivity contribution < 1.29 is 19.5 Å². The molecule has 0 aliphatic heterocycles. The van der Waals surface area contributed by atoms with Crippen LogP contribution < -0.4 is 4.74 Å². The minimum atomic E-state index is -0.846. The molecule has 1 unspecified atom stereocenters. The van der Waals surface area contributed by atoms with Gasteiger partial charge >= 0.3 is 5.69 Å². The number of aliphatic hydroxyl groups excluding tert-OH is 1. The molecule has 1 aromatic heterocycles. The highest BCUT2D eigenvalue weighted by atomic mass is 32.1. The monoisotopic (exact) mass is 323 g/mol. The highest BCUT2D eigenvalue weighted by molar-refractivity contribution is 7.09. The maximum absolute atomic E-state index is 11.0. The number of aliphatic hydroxyl groups is 1. The van der Waals surface area contributed by atoms with Crippen molar-refractivity contribution in [1.29, 1.82) is 0 Å². The Morgan fingerprint density at radius 1 is 1.36 bits per heavy atom. The zero-order valence-corrected chi connectivity index (χ0v) is 12.9. The van der Waals surface area contributed by atoms with Gasteiger partial charge in [0.25, 0.3) is 0 Å². The minimum Gasteiger partial charge on any atom is -0.484 e. The largest absolute Gasteiger partial charge is 0.484 e. The average molecular weight is 323 g/mol. The molecule has 2 rings (SSSR count). The van der Waals surface area contributed by atoms with Crippen LogP contribution in [0.25, 0.3) is 0 Å². The van der Waals surface area contributed by atoms with Crippen molar-refractivity contribution in [2.45, 2.75) is 19.6 Å². The van der Waals surface area contributed by atoms with Gasteiger partial charge in [-0.25, -0.2) is 0 Å². The van der Waals surface area contributed by atoms with E-state index in [1.54, 1.807) is 24.3 Å². The van der Waals surface area contributed by atoms with Gasteiger partial charge in [0.05, 0.1) is 18.1 Å². The highest BCUT2D eigenvalue weighted by Crippen LogP contribution is 2.27. The zero-order chi connectivity index (χ0) is 15.9. The van der Waals surface area contributed by atoms with Gasteiger partial charge in [-0.2, -0.15) is 0 Å². The third kappa shape index (κ3) is 4.80. The van der Waals surface area contributed by atoms with E-state index < -0.39 is 11.0 Å². The Balaban J connectivity index is 1.80. The lowest BCUT2D eigenvalue weighted by Gasteiger charge is -2.12. The second kappa shape index (κ2) is 7.88. The maximum Gasteiger partial charge on any atom is 0.311 e. The summed E-state index contributed by atoms with van der Waals surface area (Å²) in [5.41, 5.74) is 0.672. The van der Waals surface area contributed by atoms with Crippen molar-refractivity contribution >= 4 is 17.0 Å². The van der Waals surface area contributed by atoms with Crippen LogP contribution in [0.1, 0.15) is 10.4 Å².